The quantitative estimate of drug-likeness (QED) is 0.485. The van der Waals surface area contributed by atoms with Gasteiger partial charge in [0.25, 0.3) is 0 Å². The molecule has 1 aliphatic rings. The van der Waals surface area contributed by atoms with Crippen molar-refractivity contribution in [3.05, 3.63) is 18.2 Å². The molecule has 1 aromatic rings. The van der Waals surface area contributed by atoms with Gasteiger partial charge in [0.05, 0.1) is 24.6 Å². The Kier molecular flexibility index (Phi) is 7.04. The number of anilines is 3. The molecule has 1 aliphatic heterocycles. The SMILES string of the molecule is CNc1cc(N2CCC(COCCN(C)C(=O)O)(C(C)(C)C)CC2)ccc1N. The molecular formula is C21H36N4O3. The van der Waals surface area contributed by atoms with E-state index in [-0.39, 0.29) is 10.8 Å². The number of rotatable bonds is 7. The average molecular weight is 393 g/mol. The number of nitrogens with one attached hydrogen (secondary N) is 1. The van der Waals surface area contributed by atoms with Gasteiger partial charge in [-0.2, -0.15) is 0 Å². The summed E-state index contributed by atoms with van der Waals surface area (Å²) in [5, 5.41) is 12.1. The first-order valence-corrected chi connectivity index (χ1v) is 9.94. The normalized spacial score (nSPS) is 16.7. The van der Waals surface area contributed by atoms with Crippen LogP contribution in [0, 0.1) is 10.8 Å². The second-order valence-electron chi connectivity index (χ2n) is 8.80. The third-order valence-corrected chi connectivity index (χ3v) is 6.26. The lowest BCUT2D eigenvalue weighted by atomic mass is 9.62. The number of amides is 1. The van der Waals surface area contributed by atoms with Gasteiger partial charge in [0.15, 0.2) is 0 Å². The molecule has 1 saturated heterocycles. The van der Waals surface area contributed by atoms with Crippen LogP contribution in [0.5, 0.6) is 0 Å². The van der Waals surface area contributed by atoms with Crippen molar-refractivity contribution < 1.29 is 14.6 Å². The minimum atomic E-state index is -0.924. The van der Waals surface area contributed by atoms with E-state index in [2.05, 4.69) is 43.1 Å². The molecule has 0 bridgehead atoms. The van der Waals surface area contributed by atoms with Gasteiger partial charge >= 0.3 is 6.09 Å². The van der Waals surface area contributed by atoms with Gasteiger partial charge in [-0.15, -0.1) is 0 Å². The molecule has 158 valence electrons. The molecule has 0 unspecified atom stereocenters. The number of likely N-dealkylation sites (N-methyl/N-ethyl adjacent to an activating group) is 1. The summed E-state index contributed by atoms with van der Waals surface area (Å²) in [6.07, 6.45) is 1.14. The zero-order chi connectivity index (χ0) is 20.9. The van der Waals surface area contributed by atoms with Gasteiger partial charge in [-0.1, -0.05) is 20.8 Å². The number of piperidine rings is 1. The molecule has 0 atom stereocenters. The third kappa shape index (κ3) is 5.01. The van der Waals surface area contributed by atoms with Crippen molar-refractivity contribution in [2.75, 3.05) is 62.9 Å². The van der Waals surface area contributed by atoms with Crippen LogP contribution < -0.4 is 16.0 Å². The fraction of sp³-hybridized carbons (Fsp3) is 0.667. The van der Waals surface area contributed by atoms with Gasteiger partial charge in [0.2, 0.25) is 0 Å². The van der Waals surface area contributed by atoms with Crippen LogP contribution in [0.15, 0.2) is 18.2 Å². The molecular weight excluding hydrogens is 356 g/mol. The van der Waals surface area contributed by atoms with E-state index >= 15 is 0 Å². The lowest BCUT2D eigenvalue weighted by Crippen LogP contribution is -2.49. The molecule has 28 heavy (non-hydrogen) atoms. The van der Waals surface area contributed by atoms with Gasteiger partial charge in [0.1, 0.15) is 0 Å². The Morgan fingerprint density at radius 1 is 1.36 bits per heavy atom. The van der Waals surface area contributed by atoms with Crippen LogP contribution in [-0.2, 0) is 4.74 Å². The Balaban J connectivity index is 2.00. The van der Waals surface area contributed by atoms with E-state index in [4.69, 9.17) is 15.6 Å². The van der Waals surface area contributed by atoms with Crippen molar-refractivity contribution in [3.8, 4) is 0 Å². The van der Waals surface area contributed by atoms with E-state index in [1.54, 1.807) is 7.05 Å². The summed E-state index contributed by atoms with van der Waals surface area (Å²) >= 11 is 0. The summed E-state index contributed by atoms with van der Waals surface area (Å²) in [5.41, 5.74) is 9.08. The van der Waals surface area contributed by atoms with Crippen LogP contribution in [0.3, 0.4) is 0 Å². The number of carbonyl (C=O) groups is 1. The molecule has 7 nitrogen and oxygen atoms in total. The standard InChI is InChI=1S/C21H36N4O3/c1-20(2,3)21(15-28-13-12-24(5)19(26)27)8-10-25(11-9-21)16-6-7-17(22)18(14-16)23-4/h6-7,14,23H,8-13,15,22H2,1-5H3,(H,26,27). The molecule has 4 N–H and O–H groups in total. The largest absolute Gasteiger partial charge is 0.465 e. The number of benzene rings is 1. The molecule has 0 saturated carbocycles. The van der Waals surface area contributed by atoms with Crippen molar-refractivity contribution in [3.63, 3.8) is 0 Å². The van der Waals surface area contributed by atoms with Crippen LogP contribution >= 0.6 is 0 Å². The maximum atomic E-state index is 10.9. The highest BCUT2D eigenvalue weighted by molar-refractivity contribution is 5.72. The summed E-state index contributed by atoms with van der Waals surface area (Å²) in [5.74, 6) is 0. The first-order valence-electron chi connectivity index (χ1n) is 9.94. The highest BCUT2D eigenvalue weighted by Gasteiger charge is 2.44. The molecule has 2 rings (SSSR count). The fourth-order valence-corrected chi connectivity index (χ4v) is 3.83. The Labute approximate surface area is 168 Å². The summed E-state index contributed by atoms with van der Waals surface area (Å²) < 4.78 is 5.97. The molecule has 1 heterocycles. The van der Waals surface area contributed by atoms with Crippen molar-refractivity contribution in [2.45, 2.75) is 33.6 Å². The monoisotopic (exact) mass is 392 g/mol. The second kappa shape index (κ2) is 8.90. The fourth-order valence-electron chi connectivity index (χ4n) is 3.83. The summed E-state index contributed by atoms with van der Waals surface area (Å²) in [7, 11) is 3.45. The van der Waals surface area contributed by atoms with Gasteiger partial charge < -0.3 is 30.7 Å². The van der Waals surface area contributed by atoms with E-state index in [0.29, 0.717) is 19.8 Å². The number of hydrogen-bond donors (Lipinski definition) is 3. The molecule has 1 fully saturated rings. The number of carboxylic acid groups (broad SMARTS) is 1. The smallest absolute Gasteiger partial charge is 0.407 e. The topological polar surface area (TPSA) is 91.1 Å². The van der Waals surface area contributed by atoms with Crippen LogP contribution in [0.4, 0.5) is 21.9 Å². The van der Waals surface area contributed by atoms with Crippen molar-refractivity contribution >= 4 is 23.2 Å². The Hall–Kier alpha value is -2.15. The maximum Gasteiger partial charge on any atom is 0.407 e. The third-order valence-electron chi connectivity index (χ3n) is 6.26. The lowest BCUT2D eigenvalue weighted by molar-refractivity contribution is -0.0446. The molecule has 0 aromatic heterocycles. The first-order chi connectivity index (χ1) is 13.1. The number of ether oxygens (including phenoxy) is 1. The molecule has 0 radical (unpaired) electrons. The van der Waals surface area contributed by atoms with Crippen LogP contribution in [-0.4, -0.2) is 63.0 Å². The van der Waals surface area contributed by atoms with Crippen LogP contribution in [0.1, 0.15) is 33.6 Å². The minimum absolute atomic E-state index is 0.0743. The van der Waals surface area contributed by atoms with E-state index < -0.39 is 6.09 Å². The minimum Gasteiger partial charge on any atom is -0.465 e. The van der Waals surface area contributed by atoms with Crippen molar-refractivity contribution in [2.24, 2.45) is 10.8 Å². The summed E-state index contributed by atoms with van der Waals surface area (Å²) in [6, 6.07) is 6.14. The molecule has 0 aliphatic carbocycles. The van der Waals surface area contributed by atoms with Gasteiger partial charge in [-0.25, -0.2) is 4.79 Å². The Bertz CT molecular complexity index is 664. The van der Waals surface area contributed by atoms with E-state index in [9.17, 15) is 4.79 Å². The summed E-state index contributed by atoms with van der Waals surface area (Å²) in [4.78, 5) is 14.6. The number of nitrogen functional groups attached to an aromatic ring is 1. The van der Waals surface area contributed by atoms with Crippen molar-refractivity contribution in [1.29, 1.82) is 0 Å². The molecule has 0 spiro atoms. The second-order valence-corrected chi connectivity index (χ2v) is 8.80. The molecule has 1 aromatic carbocycles. The van der Waals surface area contributed by atoms with E-state index in [1.807, 2.05) is 13.1 Å². The zero-order valence-electron chi connectivity index (χ0n) is 17.9. The average Bonchev–Trinajstić information content (AvgIpc) is 2.65. The maximum absolute atomic E-state index is 10.9. The van der Waals surface area contributed by atoms with Crippen molar-refractivity contribution in [1.82, 2.24) is 4.90 Å². The number of nitrogens with zero attached hydrogens (tertiary/aromatic N) is 2. The van der Waals surface area contributed by atoms with E-state index in [1.165, 1.54) is 10.6 Å². The first kappa shape index (κ1) is 22.1. The zero-order valence-corrected chi connectivity index (χ0v) is 17.9. The molecule has 1 amide bonds. The van der Waals surface area contributed by atoms with Gasteiger partial charge in [-0.05, 0) is 36.5 Å². The van der Waals surface area contributed by atoms with E-state index in [0.717, 1.165) is 37.3 Å². The van der Waals surface area contributed by atoms with Crippen LogP contribution in [0.25, 0.3) is 0 Å². The number of hydrogen-bond acceptors (Lipinski definition) is 5. The number of nitrogens with two attached hydrogens (primary N) is 1. The highest BCUT2D eigenvalue weighted by Crippen LogP contribution is 2.47. The summed E-state index contributed by atoms with van der Waals surface area (Å²) in [6.45, 7) is 10.2. The lowest BCUT2D eigenvalue weighted by Gasteiger charge is -2.50. The van der Waals surface area contributed by atoms with Crippen LogP contribution in [0.2, 0.25) is 0 Å². The predicted octanol–water partition coefficient (Wildman–Crippen LogP) is 3.57. The highest BCUT2D eigenvalue weighted by atomic mass is 16.5. The Morgan fingerprint density at radius 3 is 2.54 bits per heavy atom. The molecule has 7 heteroatoms. The van der Waals surface area contributed by atoms with Gasteiger partial charge in [-0.3, -0.25) is 0 Å². The predicted molar refractivity (Wildman–Crippen MR) is 115 cm³/mol. The van der Waals surface area contributed by atoms with Gasteiger partial charge in [0, 0.05) is 44.8 Å². The Morgan fingerprint density at radius 2 is 2.00 bits per heavy atom.